The summed E-state index contributed by atoms with van der Waals surface area (Å²) in [5, 5.41) is 14.1. The number of carbonyl (C=O) groups is 1. The summed E-state index contributed by atoms with van der Waals surface area (Å²) in [6, 6.07) is 9.81. The standard InChI is InChI=1S/C19H30N2O3/c1-18(2,3)24-17(22)21-12-8-11-16(13-21)20-14-19(4,23)15-9-6-5-7-10-15/h5-7,9-10,16,20,23H,8,11-14H2,1-4H3. The van der Waals surface area contributed by atoms with E-state index in [1.54, 1.807) is 4.90 Å². The molecule has 5 nitrogen and oxygen atoms in total. The van der Waals surface area contributed by atoms with Gasteiger partial charge in [-0.15, -0.1) is 0 Å². The summed E-state index contributed by atoms with van der Waals surface area (Å²) >= 11 is 0. The molecule has 1 amide bonds. The molecular weight excluding hydrogens is 304 g/mol. The van der Waals surface area contributed by atoms with Crippen LogP contribution in [0, 0.1) is 0 Å². The average Bonchev–Trinajstić information content (AvgIpc) is 2.53. The van der Waals surface area contributed by atoms with Crippen molar-refractivity contribution in [1.82, 2.24) is 10.2 Å². The van der Waals surface area contributed by atoms with Crippen molar-refractivity contribution >= 4 is 6.09 Å². The molecule has 2 rings (SSSR count). The zero-order valence-corrected chi connectivity index (χ0v) is 15.2. The summed E-state index contributed by atoms with van der Waals surface area (Å²) in [6.45, 7) is 9.22. The molecule has 0 radical (unpaired) electrons. The minimum absolute atomic E-state index is 0.168. The Morgan fingerprint density at radius 1 is 1.29 bits per heavy atom. The first-order valence-corrected chi connectivity index (χ1v) is 8.67. The number of benzene rings is 1. The van der Waals surface area contributed by atoms with Crippen molar-refractivity contribution in [3.63, 3.8) is 0 Å². The molecule has 2 atom stereocenters. The second-order valence-electron chi connectivity index (χ2n) is 7.79. The van der Waals surface area contributed by atoms with Gasteiger partial charge in [0.15, 0.2) is 0 Å². The van der Waals surface area contributed by atoms with Crippen LogP contribution < -0.4 is 5.32 Å². The zero-order chi connectivity index (χ0) is 17.8. The van der Waals surface area contributed by atoms with E-state index in [9.17, 15) is 9.90 Å². The predicted molar refractivity (Wildman–Crippen MR) is 94.8 cm³/mol. The van der Waals surface area contributed by atoms with Gasteiger partial charge in [-0.05, 0) is 46.1 Å². The lowest BCUT2D eigenvalue weighted by atomic mass is 9.95. The molecule has 1 aliphatic rings. The third-order valence-corrected chi connectivity index (χ3v) is 4.20. The van der Waals surface area contributed by atoms with Crippen LogP contribution in [0.2, 0.25) is 0 Å². The Bertz CT molecular complexity index is 537. The van der Waals surface area contributed by atoms with Crippen LogP contribution in [0.5, 0.6) is 0 Å². The molecule has 5 heteroatoms. The summed E-state index contributed by atoms with van der Waals surface area (Å²) in [7, 11) is 0. The molecule has 1 aromatic carbocycles. The van der Waals surface area contributed by atoms with Crippen LogP contribution in [0.1, 0.15) is 46.1 Å². The SMILES string of the molecule is CC(C)(C)OC(=O)N1CCCC(NCC(C)(O)c2ccccc2)C1. The maximum absolute atomic E-state index is 12.2. The largest absolute Gasteiger partial charge is 0.444 e. The average molecular weight is 334 g/mol. The van der Waals surface area contributed by atoms with Gasteiger partial charge in [0.05, 0.1) is 5.60 Å². The van der Waals surface area contributed by atoms with Gasteiger partial charge < -0.3 is 20.1 Å². The summed E-state index contributed by atoms with van der Waals surface area (Å²) < 4.78 is 5.45. The topological polar surface area (TPSA) is 61.8 Å². The first-order valence-electron chi connectivity index (χ1n) is 8.67. The molecule has 1 heterocycles. The van der Waals surface area contributed by atoms with Crippen molar-refractivity contribution < 1.29 is 14.6 Å². The number of ether oxygens (including phenoxy) is 1. The van der Waals surface area contributed by atoms with Crippen molar-refractivity contribution in [1.29, 1.82) is 0 Å². The van der Waals surface area contributed by atoms with Gasteiger partial charge in [-0.3, -0.25) is 0 Å². The molecule has 134 valence electrons. The number of aliphatic hydroxyl groups is 1. The van der Waals surface area contributed by atoms with Crippen LogP contribution in [0.15, 0.2) is 30.3 Å². The quantitative estimate of drug-likeness (QED) is 0.889. The third-order valence-electron chi connectivity index (χ3n) is 4.20. The lowest BCUT2D eigenvalue weighted by Gasteiger charge is -2.36. The number of piperidine rings is 1. The summed E-state index contributed by atoms with van der Waals surface area (Å²) in [4.78, 5) is 14.0. The molecule has 1 aliphatic heterocycles. The molecule has 0 spiro atoms. The number of nitrogens with zero attached hydrogens (tertiary/aromatic N) is 1. The van der Waals surface area contributed by atoms with Gasteiger partial charge in [0.2, 0.25) is 0 Å². The molecule has 24 heavy (non-hydrogen) atoms. The molecule has 0 saturated carbocycles. The van der Waals surface area contributed by atoms with E-state index in [0.717, 1.165) is 24.9 Å². The number of rotatable bonds is 4. The molecule has 0 aliphatic carbocycles. The van der Waals surface area contributed by atoms with E-state index in [2.05, 4.69) is 5.32 Å². The zero-order valence-electron chi connectivity index (χ0n) is 15.2. The second-order valence-corrected chi connectivity index (χ2v) is 7.79. The minimum atomic E-state index is -0.935. The van der Waals surface area contributed by atoms with Gasteiger partial charge in [0.1, 0.15) is 5.60 Å². The van der Waals surface area contributed by atoms with E-state index >= 15 is 0 Å². The molecule has 1 saturated heterocycles. The van der Waals surface area contributed by atoms with Crippen molar-refractivity contribution in [2.75, 3.05) is 19.6 Å². The number of hydrogen-bond donors (Lipinski definition) is 2. The van der Waals surface area contributed by atoms with Crippen LogP contribution in [0.3, 0.4) is 0 Å². The predicted octanol–water partition coefficient (Wildman–Crippen LogP) is 2.88. The highest BCUT2D eigenvalue weighted by atomic mass is 16.6. The van der Waals surface area contributed by atoms with Gasteiger partial charge in [0.25, 0.3) is 0 Å². The highest BCUT2D eigenvalue weighted by Crippen LogP contribution is 2.21. The Kier molecular flexibility index (Phi) is 5.88. The van der Waals surface area contributed by atoms with E-state index in [1.807, 2.05) is 58.0 Å². The minimum Gasteiger partial charge on any atom is -0.444 e. The Morgan fingerprint density at radius 3 is 2.58 bits per heavy atom. The Labute approximate surface area is 145 Å². The second kappa shape index (κ2) is 7.53. The molecule has 0 bridgehead atoms. The highest BCUT2D eigenvalue weighted by molar-refractivity contribution is 5.68. The van der Waals surface area contributed by atoms with Crippen LogP contribution in [-0.2, 0) is 10.3 Å². The van der Waals surface area contributed by atoms with Crippen molar-refractivity contribution in [2.24, 2.45) is 0 Å². The Morgan fingerprint density at radius 2 is 1.96 bits per heavy atom. The van der Waals surface area contributed by atoms with Gasteiger partial charge in [-0.25, -0.2) is 4.79 Å². The van der Waals surface area contributed by atoms with E-state index in [0.29, 0.717) is 13.1 Å². The van der Waals surface area contributed by atoms with Gasteiger partial charge in [-0.1, -0.05) is 30.3 Å². The third kappa shape index (κ3) is 5.49. The van der Waals surface area contributed by atoms with Crippen LogP contribution in [0.4, 0.5) is 4.79 Å². The van der Waals surface area contributed by atoms with Crippen molar-refractivity contribution in [3.05, 3.63) is 35.9 Å². The summed E-state index contributed by atoms with van der Waals surface area (Å²) in [5.74, 6) is 0. The van der Waals surface area contributed by atoms with Gasteiger partial charge in [-0.2, -0.15) is 0 Å². The van der Waals surface area contributed by atoms with E-state index in [4.69, 9.17) is 4.74 Å². The highest BCUT2D eigenvalue weighted by Gasteiger charge is 2.29. The first-order chi connectivity index (χ1) is 11.2. The van der Waals surface area contributed by atoms with Crippen molar-refractivity contribution in [2.45, 2.75) is 57.8 Å². The van der Waals surface area contributed by atoms with E-state index < -0.39 is 11.2 Å². The van der Waals surface area contributed by atoms with Gasteiger partial charge in [0, 0.05) is 25.7 Å². The lowest BCUT2D eigenvalue weighted by molar-refractivity contribution is 0.0160. The van der Waals surface area contributed by atoms with Crippen LogP contribution in [-0.4, -0.2) is 47.4 Å². The maximum atomic E-state index is 12.2. The molecule has 2 N–H and O–H groups in total. The monoisotopic (exact) mass is 334 g/mol. The number of likely N-dealkylation sites (tertiary alicyclic amines) is 1. The Balaban J connectivity index is 1.88. The number of hydrogen-bond acceptors (Lipinski definition) is 4. The maximum Gasteiger partial charge on any atom is 0.410 e. The fraction of sp³-hybridized carbons (Fsp3) is 0.632. The molecule has 0 aromatic heterocycles. The van der Waals surface area contributed by atoms with Crippen molar-refractivity contribution in [3.8, 4) is 0 Å². The number of amides is 1. The van der Waals surface area contributed by atoms with Gasteiger partial charge >= 0.3 is 6.09 Å². The van der Waals surface area contributed by atoms with E-state index in [-0.39, 0.29) is 12.1 Å². The number of carbonyl (C=O) groups excluding carboxylic acids is 1. The molecule has 1 fully saturated rings. The smallest absolute Gasteiger partial charge is 0.410 e. The van der Waals surface area contributed by atoms with Crippen LogP contribution in [0.25, 0.3) is 0 Å². The summed E-state index contributed by atoms with van der Waals surface area (Å²) in [5.41, 5.74) is -0.526. The molecule has 2 unspecified atom stereocenters. The lowest BCUT2D eigenvalue weighted by Crippen LogP contribution is -2.51. The summed E-state index contributed by atoms with van der Waals surface area (Å²) in [6.07, 6.45) is 1.66. The fourth-order valence-corrected chi connectivity index (χ4v) is 2.88. The Hall–Kier alpha value is -1.59. The molecule has 1 aromatic rings. The fourth-order valence-electron chi connectivity index (χ4n) is 2.88. The first kappa shape index (κ1) is 18.7. The number of nitrogens with one attached hydrogen (secondary N) is 1. The normalized spacial score (nSPS) is 21.2. The van der Waals surface area contributed by atoms with Crippen LogP contribution >= 0.6 is 0 Å². The van der Waals surface area contributed by atoms with E-state index in [1.165, 1.54) is 0 Å². The molecular formula is C19H30N2O3.